The second kappa shape index (κ2) is 5.14. The van der Waals surface area contributed by atoms with Gasteiger partial charge < -0.3 is 0 Å². The van der Waals surface area contributed by atoms with Crippen LogP contribution in [0.1, 0.15) is 65.7 Å². The molecule has 6 unspecified atom stereocenters. The number of fused-ring (bicyclic) bond motifs is 4. The average Bonchev–Trinajstić information content (AvgIpc) is 2.96. The lowest BCUT2D eigenvalue weighted by atomic mass is 9.57. The Morgan fingerprint density at radius 1 is 0.905 bits per heavy atom. The van der Waals surface area contributed by atoms with Crippen LogP contribution in [-0.2, 0) is 0 Å². The molecule has 4 aliphatic rings. The zero-order valence-electron chi connectivity index (χ0n) is 14.4. The lowest BCUT2D eigenvalue weighted by Gasteiger charge is -2.48. The van der Waals surface area contributed by atoms with Crippen LogP contribution in [0.15, 0.2) is 12.2 Å². The van der Waals surface area contributed by atoms with E-state index in [0.29, 0.717) is 0 Å². The Morgan fingerprint density at radius 2 is 1.57 bits per heavy atom. The fraction of sp³-hybridized carbons (Fsp3) is 0.905. The van der Waals surface area contributed by atoms with Crippen LogP contribution in [0.3, 0.4) is 0 Å². The molecule has 4 saturated carbocycles. The van der Waals surface area contributed by atoms with E-state index in [4.69, 9.17) is 0 Å². The van der Waals surface area contributed by atoms with Gasteiger partial charge in [-0.3, -0.25) is 0 Å². The highest BCUT2D eigenvalue weighted by atomic mass is 14.6. The van der Waals surface area contributed by atoms with E-state index >= 15 is 0 Å². The van der Waals surface area contributed by atoms with Gasteiger partial charge in [0.2, 0.25) is 0 Å². The van der Waals surface area contributed by atoms with Crippen LogP contribution in [0, 0.1) is 53.3 Å². The average molecular weight is 287 g/mol. The minimum Gasteiger partial charge on any atom is -0.0993 e. The summed E-state index contributed by atoms with van der Waals surface area (Å²) >= 11 is 0. The zero-order chi connectivity index (χ0) is 14.7. The van der Waals surface area contributed by atoms with Crippen molar-refractivity contribution in [2.75, 3.05) is 0 Å². The molecule has 0 spiro atoms. The molecule has 0 amide bonds. The highest BCUT2D eigenvalue weighted by molar-refractivity contribution is 5.24. The molecule has 0 aromatic carbocycles. The van der Waals surface area contributed by atoms with Gasteiger partial charge in [-0.25, -0.2) is 0 Å². The van der Waals surface area contributed by atoms with Crippen molar-refractivity contribution in [1.82, 2.24) is 0 Å². The van der Waals surface area contributed by atoms with Gasteiger partial charge in [-0.1, -0.05) is 58.6 Å². The predicted octanol–water partition coefficient (Wildman–Crippen LogP) is 5.93. The molecule has 0 heteroatoms. The topological polar surface area (TPSA) is 0 Å². The summed E-state index contributed by atoms with van der Waals surface area (Å²) in [4.78, 5) is 0. The second-order valence-corrected chi connectivity index (χ2v) is 9.02. The molecule has 0 radical (unpaired) electrons. The summed E-state index contributed by atoms with van der Waals surface area (Å²) in [6, 6.07) is 0. The van der Waals surface area contributed by atoms with Gasteiger partial charge in [0.25, 0.3) is 0 Å². The third-order valence-corrected chi connectivity index (χ3v) is 8.52. The van der Waals surface area contributed by atoms with E-state index in [1.165, 1.54) is 38.5 Å². The molecule has 9 atom stereocenters. The van der Waals surface area contributed by atoms with E-state index in [1.54, 1.807) is 12.0 Å². The van der Waals surface area contributed by atoms with Crippen LogP contribution in [0.25, 0.3) is 0 Å². The molecule has 118 valence electrons. The number of hydrogen-bond acceptors (Lipinski definition) is 0. The van der Waals surface area contributed by atoms with E-state index in [-0.39, 0.29) is 0 Å². The smallest absolute Gasteiger partial charge is 0.0143 e. The molecule has 0 nitrogen and oxygen atoms in total. The molecule has 0 aromatic heterocycles. The van der Waals surface area contributed by atoms with Crippen molar-refractivity contribution in [2.24, 2.45) is 53.3 Å². The van der Waals surface area contributed by atoms with Gasteiger partial charge in [-0.15, -0.1) is 0 Å². The summed E-state index contributed by atoms with van der Waals surface area (Å²) in [5.74, 6) is 8.71. The Kier molecular flexibility index (Phi) is 3.51. The molecular weight excluding hydrogens is 252 g/mol. The molecule has 0 aliphatic heterocycles. The SMILES string of the molecule is C=C1C2C(C)C(CC)CC2C2C[C@H]3CCCC[C@H]3[C@@H](C)C12. The summed E-state index contributed by atoms with van der Waals surface area (Å²) < 4.78 is 0. The van der Waals surface area contributed by atoms with Gasteiger partial charge in [-0.2, -0.15) is 0 Å². The standard InChI is InChI=1S/C21H34/c1-5-15-10-18-19-11-16-8-6-7-9-17(16)13(3)21(19)14(4)20(18)12(15)2/h12-13,15-21H,4-11H2,1-3H3/t12?,13-,15?,16-,17+,18?,19?,20?,21?/m1/s1. The fourth-order valence-electron chi connectivity index (χ4n) is 7.64. The quantitative estimate of drug-likeness (QED) is 0.524. The van der Waals surface area contributed by atoms with Gasteiger partial charge in [0.1, 0.15) is 0 Å². The molecule has 0 saturated heterocycles. The van der Waals surface area contributed by atoms with E-state index in [9.17, 15) is 0 Å². The van der Waals surface area contributed by atoms with Gasteiger partial charge in [-0.05, 0) is 72.5 Å². The lowest BCUT2D eigenvalue weighted by molar-refractivity contribution is 0.0300. The van der Waals surface area contributed by atoms with Crippen molar-refractivity contribution in [3.8, 4) is 0 Å². The van der Waals surface area contributed by atoms with Crippen molar-refractivity contribution in [2.45, 2.75) is 65.7 Å². The zero-order valence-corrected chi connectivity index (χ0v) is 14.4. The van der Waals surface area contributed by atoms with Crippen LogP contribution >= 0.6 is 0 Å². The third kappa shape index (κ3) is 1.93. The fourth-order valence-corrected chi connectivity index (χ4v) is 7.64. The minimum absolute atomic E-state index is 0.882. The van der Waals surface area contributed by atoms with Gasteiger partial charge in [0.15, 0.2) is 0 Å². The van der Waals surface area contributed by atoms with Crippen molar-refractivity contribution < 1.29 is 0 Å². The monoisotopic (exact) mass is 286 g/mol. The molecule has 21 heavy (non-hydrogen) atoms. The number of allylic oxidation sites excluding steroid dienone is 1. The van der Waals surface area contributed by atoms with Crippen LogP contribution in [0.2, 0.25) is 0 Å². The molecule has 4 fully saturated rings. The largest absolute Gasteiger partial charge is 0.0993 e. The van der Waals surface area contributed by atoms with Crippen LogP contribution in [0.5, 0.6) is 0 Å². The van der Waals surface area contributed by atoms with Crippen molar-refractivity contribution in [3.05, 3.63) is 12.2 Å². The van der Waals surface area contributed by atoms with Crippen molar-refractivity contribution in [3.63, 3.8) is 0 Å². The van der Waals surface area contributed by atoms with E-state index in [0.717, 1.165) is 53.3 Å². The summed E-state index contributed by atoms with van der Waals surface area (Å²) in [7, 11) is 0. The maximum Gasteiger partial charge on any atom is -0.0143 e. The highest BCUT2D eigenvalue weighted by Gasteiger charge is 2.58. The molecule has 0 aromatic rings. The number of hydrogen-bond donors (Lipinski definition) is 0. The van der Waals surface area contributed by atoms with Gasteiger partial charge in [0.05, 0.1) is 0 Å². The van der Waals surface area contributed by atoms with Crippen molar-refractivity contribution >= 4 is 0 Å². The molecule has 0 bridgehead atoms. The Balaban J connectivity index is 1.63. The van der Waals surface area contributed by atoms with E-state index in [2.05, 4.69) is 27.4 Å². The maximum atomic E-state index is 4.69. The second-order valence-electron chi connectivity index (χ2n) is 9.02. The lowest BCUT2D eigenvalue weighted by Crippen LogP contribution is -2.40. The minimum atomic E-state index is 0.882. The summed E-state index contributed by atoms with van der Waals surface area (Å²) in [6.07, 6.45) is 10.5. The first-order valence-electron chi connectivity index (χ1n) is 9.82. The third-order valence-electron chi connectivity index (χ3n) is 8.52. The van der Waals surface area contributed by atoms with Gasteiger partial charge >= 0.3 is 0 Å². The molecule has 0 N–H and O–H groups in total. The Bertz CT molecular complexity index is 422. The Morgan fingerprint density at radius 3 is 2.33 bits per heavy atom. The maximum absolute atomic E-state index is 4.69. The van der Waals surface area contributed by atoms with Crippen LogP contribution in [-0.4, -0.2) is 0 Å². The molecule has 4 aliphatic carbocycles. The molecule has 0 heterocycles. The summed E-state index contributed by atoms with van der Waals surface area (Å²) in [6.45, 7) is 12.2. The van der Waals surface area contributed by atoms with E-state index in [1.807, 2.05) is 0 Å². The first-order valence-corrected chi connectivity index (χ1v) is 9.82. The normalized spacial score (nSPS) is 56.0. The summed E-state index contributed by atoms with van der Waals surface area (Å²) in [5, 5.41) is 0. The van der Waals surface area contributed by atoms with Gasteiger partial charge in [0, 0.05) is 0 Å². The highest BCUT2D eigenvalue weighted by Crippen LogP contribution is 2.65. The van der Waals surface area contributed by atoms with Crippen LogP contribution < -0.4 is 0 Å². The Labute approximate surface area is 131 Å². The number of rotatable bonds is 1. The van der Waals surface area contributed by atoms with Crippen LogP contribution in [0.4, 0.5) is 0 Å². The summed E-state index contributed by atoms with van der Waals surface area (Å²) in [5.41, 5.74) is 1.70. The predicted molar refractivity (Wildman–Crippen MR) is 89.9 cm³/mol. The Hall–Kier alpha value is -0.260. The molecular formula is C21H34. The van der Waals surface area contributed by atoms with Crippen molar-refractivity contribution in [1.29, 1.82) is 0 Å². The first kappa shape index (κ1) is 14.3. The first-order chi connectivity index (χ1) is 10.1. The molecule has 4 rings (SSSR count). The van der Waals surface area contributed by atoms with E-state index < -0.39 is 0 Å².